The van der Waals surface area contributed by atoms with E-state index in [0.29, 0.717) is 12.0 Å². The SMILES string of the molecule is Cc1ccc(O)c(C(=O)CCCCCBr)c1. The molecule has 0 aliphatic rings. The van der Waals surface area contributed by atoms with E-state index in [9.17, 15) is 9.90 Å². The van der Waals surface area contributed by atoms with Crippen molar-refractivity contribution in [2.75, 3.05) is 5.33 Å². The van der Waals surface area contributed by atoms with E-state index in [1.54, 1.807) is 18.2 Å². The van der Waals surface area contributed by atoms with Crippen LogP contribution < -0.4 is 0 Å². The normalized spacial score (nSPS) is 10.4. The van der Waals surface area contributed by atoms with Crippen LogP contribution >= 0.6 is 15.9 Å². The molecule has 1 aromatic carbocycles. The van der Waals surface area contributed by atoms with E-state index in [0.717, 1.165) is 30.2 Å². The molecule has 0 aliphatic carbocycles. The fourth-order valence-electron chi connectivity index (χ4n) is 1.56. The molecule has 1 rings (SSSR count). The Morgan fingerprint density at radius 2 is 2.06 bits per heavy atom. The highest BCUT2D eigenvalue weighted by molar-refractivity contribution is 9.09. The first-order chi connectivity index (χ1) is 7.65. The average molecular weight is 285 g/mol. The summed E-state index contributed by atoms with van der Waals surface area (Å²) in [5.41, 5.74) is 1.46. The Bertz CT molecular complexity index is 361. The predicted molar refractivity (Wildman–Crippen MR) is 69.4 cm³/mol. The molecule has 0 saturated heterocycles. The first-order valence-electron chi connectivity index (χ1n) is 5.54. The number of alkyl halides is 1. The van der Waals surface area contributed by atoms with Gasteiger partial charge in [0, 0.05) is 11.8 Å². The number of benzene rings is 1. The van der Waals surface area contributed by atoms with Gasteiger partial charge in [0.25, 0.3) is 0 Å². The summed E-state index contributed by atoms with van der Waals surface area (Å²) >= 11 is 3.36. The van der Waals surface area contributed by atoms with Gasteiger partial charge in [-0.25, -0.2) is 0 Å². The number of unbranched alkanes of at least 4 members (excludes halogenated alkanes) is 2. The van der Waals surface area contributed by atoms with Gasteiger partial charge in [0.05, 0.1) is 5.56 Å². The number of phenols is 1. The van der Waals surface area contributed by atoms with E-state index in [-0.39, 0.29) is 11.5 Å². The number of ketones is 1. The van der Waals surface area contributed by atoms with E-state index in [1.165, 1.54) is 0 Å². The maximum Gasteiger partial charge on any atom is 0.166 e. The van der Waals surface area contributed by atoms with Crippen molar-refractivity contribution in [1.82, 2.24) is 0 Å². The molecule has 0 aromatic heterocycles. The third kappa shape index (κ3) is 3.97. The quantitative estimate of drug-likeness (QED) is 0.490. The summed E-state index contributed by atoms with van der Waals surface area (Å²) in [4.78, 5) is 11.8. The maximum absolute atomic E-state index is 11.8. The number of carbonyl (C=O) groups excluding carboxylic acids is 1. The maximum atomic E-state index is 11.8. The van der Waals surface area contributed by atoms with Gasteiger partial charge in [-0.05, 0) is 31.9 Å². The van der Waals surface area contributed by atoms with Crippen LogP contribution in [0.15, 0.2) is 18.2 Å². The Kier molecular flexibility index (Phi) is 5.53. The summed E-state index contributed by atoms with van der Waals surface area (Å²) < 4.78 is 0. The van der Waals surface area contributed by atoms with Crippen LogP contribution in [0.4, 0.5) is 0 Å². The summed E-state index contributed by atoms with van der Waals surface area (Å²) in [6, 6.07) is 5.14. The highest BCUT2D eigenvalue weighted by Crippen LogP contribution is 2.20. The van der Waals surface area contributed by atoms with Crippen LogP contribution in [0.3, 0.4) is 0 Å². The van der Waals surface area contributed by atoms with E-state index in [4.69, 9.17) is 0 Å². The highest BCUT2D eigenvalue weighted by atomic mass is 79.9. The third-order valence-electron chi connectivity index (χ3n) is 2.49. The zero-order chi connectivity index (χ0) is 12.0. The van der Waals surface area contributed by atoms with Crippen LogP contribution in [0.1, 0.15) is 41.6 Å². The molecule has 0 amide bonds. The molecular formula is C13H17BrO2. The second-order valence-electron chi connectivity index (χ2n) is 3.94. The summed E-state index contributed by atoms with van der Waals surface area (Å²) in [5.74, 6) is 0.131. The first-order valence-corrected chi connectivity index (χ1v) is 6.66. The van der Waals surface area contributed by atoms with E-state index in [1.807, 2.05) is 6.92 Å². The lowest BCUT2D eigenvalue weighted by molar-refractivity contribution is 0.0976. The standard InChI is InChI=1S/C13H17BrO2/c1-10-6-7-13(16)11(9-10)12(15)5-3-2-4-8-14/h6-7,9,16H,2-5,8H2,1H3. The molecule has 1 N–H and O–H groups in total. The molecule has 16 heavy (non-hydrogen) atoms. The molecule has 2 nitrogen and oxygen atoms in total. The molecule has 3 heteroatoms. The van der Waals surface area contributed by atoms with Gasteiger partial charge >= 0.3 is 0 Å². The topological polar surface area (TPSA) is 37.3 Å². The van der Waals surface area contributed by atoms with Crippen molar-refractivity contribution in [2.24, 2.45) is 0 Å². The number of hydrogen-bond donors (Lipinski definition) is 1. The zero-order valence-corrected chi connectivity index (χ0v) is 11.1. The molecule has 0 bridgehead atoms. The average Bonchev–Trinajstić information content (AvgIpc) is 2.27. The Morgan fingerprint density at radius 1 is 1.31 bits per heavy atom. The molecule has 1 aromatic rings. The number of aromatic hydroxyl groups is 1. The molecule has 88 valence electrons. The van der Waals surface area contributed by atoms with Crippen LogP contribution in [-0.2, 0) is 0 Å². The van der Waals surface area contributed by atoms with Gasteiger partial charge < -0.3 is 5.11 Å². The van der Waals surface area contributed by atoms with E-state index >= 15 is 0 Å². The van der Waals surface area contributed by atoms with Crippen molar-refractivity contribution in [2.45, 2.75) is 32.6 Å². The minimum absolute atomic E-state index is 0.0378. The number of halogens is 1. The molecule has 0 heterocycles. The van der Waals surface area contributed by atoms with Gasteiger partial charge in [-0.1, -0.05) is 34.0 Å². The van der Waals surface area contributed by atoms with Gasteiger partial charge in [-0.2, -0.15) is 0 Å². The Morgan fingerprint density at radius 3 is 2.75 bits per heavy atom. The van der Waals surface area contributed by atoms with Gasteiger partial charge in [-0.3, -0.25) is 4.79 Å². The van der Waals surface area contributed by atoms with Crippen molar-refractivity contribution in [1.29, 1.82) is 0 Å². The molecule has 0 aliphatic heterocycles. The van der Waals surface area contributed by atoms with Crippen molar-refractivity contribution in [3.63, 3.8) is 0 Å². The van der Waals surface area contributed by atoms with E-state index < -0.39 is 0 Å². The summed E-state index contributed by atoms with van der Waals surface area (Å²) in [5, 5.41) is 10.6. The van der Waals surface area contributed by atoms with Crippen LogP contribution in [0.25, 0.3) is 0 Å². The Labute approximate surface area is 105 Å². The molecular weight excluding hydrogens is 268 g/mol. The van der Waals surface area contributed by atoms with Gasteiger partial charge in [0.1, 0.15) is 5.75 Å². The zero-order valence-electron chi connectivity index (χ0n) is 9.50. The molecule has 0 spiro atoms. The largest absolute Gasteiger partial charge is 0.507 e. The fraction of sp³-hybridized carbons (Fsp3) is 0.462. The van der Waals surface area contributed by atoms with Crippen LogP contribution in [0.5, 0.6) is 5.75 Å². The van der Waals surface area contributed by atoms with E-state index in [2.05, 4.69) is 15.9 Å². The minimum atomic E-state index is 0.0378. The molecule has 0 radical (unpaired) electrons. The second-order valence-corrected chi connectivity index (χ2v) is 4.74. The van der Waals surface area contributed by atoms with Crippen molar-refractivity contribution >= 4 is 21.7 Å². The fourth-order valence-corrected chi connectivity index (χ4v) is 1.96. The number of rotatable bonds is 6. The van der Waals surface area contributed by atoms with Crippen molar-refractivity contribution in [3.05, 3.63) is 29.3 Å². The highest BCUT2D eigenvalue weighted by Gasteiger charge is 2.10. The van der Waals surface area contributed by atoms with Gasteiger partial charge in [0.15, 0.2) is 5.78 Å². The number of hydrogen-bond acceptors (Lipinski definition) is 2. The predicted octanol–water partition coefficient (Wildman–Crippen LogP) is 3.84. The van der Waals surface area contributed by atoms with Gasteiger partial charge in [0.2, 0.25) is 0 Å². The smallest absolute Gasteiger partial charge is 0.166 e. The summed E-state index contributed by atoms with van der Waals surface area (Å²) in [6.07, 6.45) is 3.54. The lowest BCUT2D eigenvalue weighted by atomic mass is 10.0. The second kappa shape index (κ2) is 6.69. The molecule has 0 fully saturated rings. The van der Waals surface area contributed by atoms with Crippen LogP contribution in [-0.4, -0.2) is 16.2 Å². The van der Waals surface area contributed by atoms with Crippen molar-refractivity contribution in [3.8, 4) is 5.75 Å². The Balaban J connectivity index is 2.55. The number of Topliss-reactive ketones (excluding diaryl/α,β-unsaturated/α-hetero) is 1. The monoisotopic (exact) mass is 284 g/mol. The lowest BCUT2D eigenvalue weighted by Gasteiger charge is -2.04. The van der Waals surface area contributed by atoms with Crippen molar-refractivity contribution < 1.29 is 9.90 Å². The van der Waals surface area contributed by atoms with Gasteiger partial charge in [-0.15, -0.1) is 0 Å². The minimum Gasteiger partial charge on any atom is -0.507 e. The molecule has 0 saturated carbocycles. The van der Waals surface area contributed by atoms with Crippen LogP contribution in [0, 0.1) is 6.92 Å². The number of phenolic OH excluding ortho intramolecular Hbond substituents is 1. The Hall–Kier alpha value is -0.830. The first kappa shape index (κ1) is 13.2. The molecule has 0 unspecified atom stereocenters. The summed E-state index contributed by atoms with van der Waals surface area (Å²) in [6.45, 7) is 1.92. The molecule has 0 atom stereocenters. The number of carbonyl (C=O) groups is 1. The number of aryl methyl sites for hydroxylation is 1. The lowest BCUT2D eigenvalue weighted by Crippen LogP contribution is -2.00. The third-order valence-corrected chi connectivity index (χ3v) is 3.05. The van der Waals surface area contributed by atoms with Crippen LogP contribution in [0.2, 0.25) is 0 Å². The summed E-state index contributed by atoms with van der Waals surface area (Å²) in [7, 11) is 0.